The van der Waals surface area contributed by atoms with Crippen molar-refractivity contribution in [2.75, 3.05) is 18.6 Å². The molecule has 5 nitrogen and oxygen atoms in total. The van der Waals surface area contributed by atoms with Gasteiger partial charge < -0.3 is 16.2 Å². The summed E-state index contributed by atoms with van der Waals surface area (Å²) in [5, 5.41) is 0. The van der Waals surface area contributed by atoms with Gasteiger partial charge in [0.2, 0.25) is 5.95 Å². The summed E-state index contributed by atoms with van der Waals surface area (Å²) in [6.45, 7) is 0. The SMILES string of the molecule is COc1ccccc1-c1cnc(N)nc1N. The third-order valence-electron chi connectivity index (χ3n) is 2.23. The third kappa shape index (κ3) is 1.75. The van der Waals surface area contributed by atoms with Crippen molar-refractivity contribution in [1.29, 1.82) is 0 Å². The van der Waals surface area contributed by atoms with Crippen LogP contribution in [0.3, 0.4) is 0 Å². The lowest BCUT2D eigenvalue weighted by atomic mass is 10.1. The maximum Gasteiger partial charge on any atom is 0.221 e. The van der Waals surface area contributed by atoms with Crippen LogP contribution in [-0.4, -0.2) is 17.1 Å². The molecule has 0 bridgehead atoms. The molecule has 0 saturated heterocycles. The predicted octanol–water partition coefficient (Wildman–Crippen LogP) is 1.32. The Labute approximate surface area is 93.1 Å². The first kappa shape index (κ1) is 10.2. The van der Waals surface area contributed by atoms with E-state index in [0.717, 1.165) is 11.3 Å². The molecule has 0 fully saturated rings. The monoisotopic (exact) mass is 216 g/mol. The Morgan fingerprint density at radius 2 is 1.88 bits per heavy atom. The van der Waals surface area contributed by atoms with E-state index in [-0.39, 0.29) is 5.95 Å². The topological polar surface area (TPSA) is 87.0 Å². The van der Waals surface area contributed by atoms with Gasteiger partial charge in [0.1, 0.15) is 11.6 Å². The molecule has 1 aromatic heterocycles. The van der Waals surface area contributed by atoms with E-state index in [4.69, 9.17) is 16.2 Å². The Kier molecular flexibility index (Phi) is 2.59. The van der Waals surface area contributed by atoms with Gasteiger partial charge in [0.15, 0.2) is 0 Å². The van der Waals surface area contributed by atoms with Crippen molar-refractivity contribution in [3.8, 4) is 16.9 Å². The Bertz CT molecular complexity index is 513. The molecule has 0 aliphatic heterocycles. The third-order valence-corrected chi connectivity index (χ3v) is 2.23. The average molecular weight is 216 g/mol. The highest BCUT2D eigenvalue weighted by molar-refractivity contribution is 5.78. The van der Waals surface area contributed by atoms with Crippen molar-refractivity contribution in [2.24, 2.45) is 0 Å². The van der Waals surface area contributed by atoms with E-state index >= 15 is 0 Å². The minimum Gasteiger partial charge on any atom is -0.496 e. The Morgan fingerprint density at radius 1 is 1.12 bits per heavy atom. The largest absolute Gasteiger partial charge is 0.496 e. The van der Waals surface area contributed by atoms with Crippen molar-refractivity contribution >= 4 is 11.8 Å². The molecular weight excluding hydrogens is 204 g/mol. The van der Waals surface area contributed by atoms with Crippen LogP contribution in [0.4, 0.5) is 11.8 Å². The number of nitrogen functional groups attached to an aromatic ring is 2. The lowest BCUT2D eigenvalue weighted by Crippen LogP contribution is -2.01. The first-order chi connectivity index (χ1) is 7.72. The lowest BCUT2D eigenvalue weighted by Gasteiger charge is -2.09. The average Bonchev–Trinajstić information content (AvgIpc) is 2.29. The summed E-state index contributed by atoms with van der Waals surface area (Å²) in [5.41, 5.74) is 12.8. The number of hydrogen-bond donors (Lipinski definition) is 2. The van der Waals surface area contributed by atoms with E-state index in [0.29, 0.717) is 11.4 Å². The number of hydrogen-bond acceptors (Lipinski definition) is 5. The van der Waals surface area contributed by atoms with Crippen LogP contribution in [0, 0.1) is 0 Å². The summed E-state index contributed by atoms with van der Waals surface area (Å²) in [5.74, 6) is 1.23. The van der Waals surface area contributed by atoms with Crippen LogP contribution in [0.2, 0.25) is 0 Å². The predicted molar refractivity (Wildman–Crippen MR) is 62.8 cm³/mol. The molecule has 1 aromatic carbocycles. The zero-order valence-electron chi connectivity index (χ0n) is 8.84. The molecule has 2 aromatic rings. The van der Waals surface area contributed by atoms with Crippen LogP contribution in [-0.2, 0) is 0 Å². The van der Waals surface area contributed by atoms with Crippen molar-refractivity contribution < 1.29 is 4.74 Å². The molecule has 0 spiro atoms. The van der Waals surface area contributed by atoms with Crippen LogP contribution < -0.4 is 16.2 Å². The van der Waals surface area contributed by atoms with E-state index < -0.39 is 0 Å². The number of aromatic nitrogens is 2. The van der Waals surface area contributed by atoms with Crippen molar-refractivity contribution in [3.05, 3.63) is 30.5 Å². The molecule has 0 amide bonds. The molecule has 0 saturated carbocycles. The Balaban J connectivity index is 2.58. The van der Waals surface area contributed by atoms with E-state index in [1.165, 1.54) is 0 Å². The van der Waals surface area contributed by atoms with Gasteiger partial charge in [0, 0.05) is 17.3 Å². The molecule has 5 heteroatoms. The molecular formula is C11H12N4O. The van der Waals surface area contributed by atoms with E-state index in [1.807, 2.05) is 24.3 Å². The molecule has 0 radical (unpaired) electrons. The molecule has 0 unspecified atom stereocenters. The van der Waals surface area contributed by atoms with Gasteiger partial charge in [-0.25, -0.2) is 4.98 Å². The second-order valence-electron chi connectivity index (χ2n) is 3.23. The van der Waals surface area contributed by atoms with Gasteiger partial charge in [-0.1, -0.05) is 18.2 Å². The van der Waals surface area contributed by atoms with E-state index in [2.05, 4.69) is 9.97 Å². The normalized spacial score (nSPS) is 10.1. The van der Waals surface area contributed by atoms with E-state index in [1.54, 1.807) is 13.3 Å². The highest BCUT2D eigenvalue weighted by atomic mass is 16.5. The zero-order chi connectivity index (χ0) is 11.5. The summed E-state index contributed by atoms with van der Waals surface area (Å²) in [4.78, 5) is 7.84. The number of nitrogens with two attached hydrogens (primary N) is 2. The van der Waals surface area contributed by atoms with Gasteiger partial charge in [-0.2, -0.15) is 4.98 Å². The molecule has 0 aliphatic carbocycles. The highest BCUT2D eigenvalue weighted by Crippen LogP contribution is 2.32. The van der Waals surface area contributed by atoms with Crippen molar-refractivity contribution in [3.63, 3.8) is 0 Å². The highest BCUT2D eigenvalue weighted by Gasteiger charge is 2.09. The quantitative estimate of drug-likeness (QED) is 0.790. The maximum atomic E-state index is 5.79. The smallest absolute Gasteiger partial charge is 0.221 e. The van der Waals surface area contributed by atoms with Gasteiger partial charge in [-0.3, -0.25) is 0 Å². The molecule has 16 heavy (non-hydrogen) atoms. The van der Waals surface area contributed by atoms with Crippen LogP contribution in [0.25, 0.3) is 11.1 Å². The zero-order valence-corrected chi connectivity index (χ0v) is 8.84. The summed E-state index contributed by atoms with van der Waals surface area (Å²) >= 11 is 0. The van der Waals surface area contributed by atoms with Crippen LogP contribution in [0.15, 0.2) is 30.5 Å². The summed E-state index contributed by atoms with van der Waals surface area (Å²) < 4.78 is 5.24. The van der Waals surface area contributed by atoms with Gasteiger partial charge in [0.25, 0.3) is 0 Å². The Morgan fingerprint density at radius 3 is 2.56 bits per heavy atom. The summed E-state index contributed by atoms with van der Waals surface area (Å²) in [6.07, 6.45) is 1.59. The first-order valence-electron chi connectivity index (χ1n) is 4.73. The molecule has 0 aliphatic rings. The van der Waals surface area contributed by atoms with Gasteiger partial charge >= 0.3 is 0 Å². The first-order valence-corrected chi connectivity index (χ1v) is 4.73. The number of nitrogens with zero attached hydrogens (tertiary/aromatic N) is 2. The number of benzene rings is 1. The summed E-state index contributed by atoms with van der Waals surface area (Å²) in [6, 6.07) is 7.53. The molecule has 0 atom stereocenters. The second kappa shape index (κ2) is 4.06. The van der Waals surface area contributed by atoms with Crippen LogP contribution in [0.1, 0.15) is 0 Å². The molecule has 4 N–H and O–H groups in total. The van der Waals surface area contributed by atoms with Gasteiger partial charge in [0.05, 0.1) is 7.11 Å². The number of para-hydroxylation sites is 1. The van der Waals surface area contributed by atoms with Crippen LogP contribution >= 0.6 is 0 Å². The molecule has 2 rings (SSSR count). The fourth-order valence-electron chi connectivity index (χ4n) is 1.48. The number of methoxy groups -OCH3 is 1. The Hall–Kier alpha value is -2.30. The fourth-order valence-corrected chi connectivity index (χ4v) is 1.48. The summed E-state index contributed by atoms with van der Waals surface area (Å²) in [7, 11) is 1.60. The fraction of sp³-hybridized carbons (Fsp3) is 0.0909. The minimum atomic E-state index is 0.163. The second-order valence-corrected chi connectivity index (χ2v) is 3.23. The van der Waals surface area contributed by atoms with Crippen LogP contribution in [0.5, 0.6) is 5.75 Å². The molecule has 82 valence electrons. The van der Waals surface area contributed by atoms with E-state index in [9.17, 15) is 0 Å². The molecule has 1 heterocycles. The maximum absolute atomic E-state index is 5.79. The number of rotatable bonds is 2. The minimum absolute atomic E-state index is 0.163. The number of anilines is 2. The number of ether oxygens (including phenoxy) is 1. The van der Waals surface area contributed by atoms with Crippen molar-refractivity contribution in [1.82, 2.24) is 9.97 Å². The van der Waals surface area contributed by atoms with Crippen molar-refractivity contribution in [2.45, 2.75) is 0 Å². The lowest BCUT2D eigenvalue weighted by molar-refractivity contribution is 0.416. The standard InChI is InChI=1S/C11H12N4O/c1-16-9-5-3-2-4-7(9)8-6-14-11(13)15-10(8)12/h2-6H,1H3,(H4,12,13,14,15). The van der Waals surface area contributed by atoms with Gasteiger partial charge in [-0.15, -0.1) is 0 Å². The van der Waals surface area contributed by atoms with Gasteiger partial charge in [-0.05, 0) is 6.07 Å².